The average molecular weight is 525 g/mol. The van der Waals surface area contributed by atoms with Crippen LogP contribution in [0.25, 0.3) is 0 Å². The van der Waals surface area contributed by atoms with Gasteiger partial charge in [0.25, 0.3) is 10.2 Å². The minimum atomic E-state index is -3.70. The van der Waals surface area contributed by atoms with Crippen molar-refractivity contribution in [2.45, 2.75) is 69.2 Å². The van der Waals surface area contributed by atoms with Crippen LogP contribution < -0.4 is 15.1 Å². The molecule has 2 N–H and O–H groups in total. The van der Waals surface area contributed by atoms with Crippen LogP contribution in [-0.4, -0.2) is 62.6 Å². The molecule has 8 nitrogen and oxygen atoms in total. The van der Waals surface area contributed by atoms with Gasteiger partial charge in [0.2, 0.25) is 5.43 Å². The van der Waals surface area contributed by atoms with Gasteiger partial charge in [-0.25, -0.2) is 8.78 Å². The monoisotopic (exact) mass is 524 g/mol. The van der Waals surface area contributed by atoms with E-state index in [2.05, 4.69) is 9.71 Å². The molecule has 1 aliphatic heterocycles. The number of nitrogens with one attached hydrogen (secondary N) is 2. The zero-order valence-electron chi connectivity index (χ0n) is 20.8. The molecule has 2 aromatic rings. The molecule has 0 amide bonds. The number of aromatic nitrogens is 1. The van der Waals surface area contributed by atoms with Gasteiger partial charge in [0, 0.05) is 38.4 Å². The van der Waals surface area contributed by atoms with E-state index >= 15 is 0 Å². The van der Waals surface area contributed by atoms with Crippen molar-refractivity contribution >= 4 is 16.0 Å². The first kappa shape index (κ1) is 26.7. The lowest BCUT2D eigenvalue weighted by atomic mass is 9.82. The largest absolute Gasteiger partial charge is 0.376 e. The first-order chi connectivity index (χ1) is 17.0. The zero-order valence-corrected chi connectivity index (χ0v) is 21.6. The molecule has 4 rings (SSSR count). The van der Waals surface area contributed by atoms with Crippen LogP contribution in [0.1, 0.15) is 50.5 Å². The summed E-state index contributed by atoms with van der Waals surface area (Å²) in [5.74, 6) is -0.402. The van der Waals surface area contributed by atoms with Crippen molar-refractivity contribution in [2.24, 2.45) is 0 Å². The Morgan fingerprint density at radius 1 is 1.17 bits per heavy atom. The molecule has 1 aromatic heterocycles. The van der Waals surface area contributed by atoms with Crippen molar-refractivity contribution in [2.75, 3.05) is 25.6 Å². The number of nitrogens with zero attached hydrogens (tertiary/aromatic N) is 2. The van der Waals surface area contributed by atoms with E-state index in [1.165, 1.54) is 26.2 Å². The summed E-state index contributed by atoms with van der Waals surface area (Å²) in [5, 5.41) is 0. The summed E-state index contributed by atoms with van der Waals surface area (Å²) in [6, 6.07) is 6.93. The van der Waals surface area contributed by atoms with E-state index in [-0.39, 0.29) is 30.5 Å². The number of pyridine rings is 1. The number of ether oxygens (including phenoxy) is 1. The average Bonchev–Trinajstić information content (AvgIpc) is 3.13. The molecule has 0 unspecified atom stereocenters. The number of hydrogen-bond donors (Lipinski definition) is 2. The van der Waals surface area contributed by atoms with E-state index < -0.39 is 33.5 Å². The number of rotatable bonds is 8. The second-order valence-electron chi connectivity index (χ2n) is 9.96. The molecule has 198 valence electrons. The third-order valence-corrected chi connectivity index (χ3v) is 8.86. The van der Waals surface area contributed by atoms with Gasteiger partial charge < -0.3 is 14.6 Å². The van der Waals surface area contributed by atoms with Crippen LogP contribution >= 0.6 is 0 Å². The van der Waals surface area contributed by atoms with Crippen LogP contribution in [0.5, 0.6) is 0 Å². The van der Waals surface area contributed by atoms with Gasteiger partial charge in [0.1, 0.15) is 11.6 Å². The van der Waals surface area contributed by atoms with Crippen molar-refractivity contribution in [1.82, 2.24) is 14.0 Å². The molecule has 1 aromatic carbocycles. The fourth-order valence-electron chi connectivity index (χ4n) is 5.35. The quantitative estimate of drug-likeness (QED) is 0.554. The number of anilines is 1. The molecule has 1 saturated carbocycles. The maximum Gasteiger partial charge on any atom is 0.279 e. The molecule has 2 fully saturated rings. The van der Waals surface area contributed by atoms with Crippen molar-refractivity contribution < 1.29 is 21.9 Å². The Hall–Kier alpha value is -2.34. The third kappa shape index (κ3) is 5.96. The lowest BCUT2D eigenvalue weighted by Crippen LogP contribution is -2.51. The van der Waals surface area contributed by atoms with Gasteiger partial charge in [-0.15, -0.1) is 0 Å². The first-order valence-electron chi connectivity index (χ1n) is 12.3. The minimum absolute atomic E-state index is 0.00839. The molecule has 2 aliphatic rings. The summed E-state index contributed by atoms with van der Waals surface area (Å²) < 4.78 is 62.6. The standard InChI is InChI=1S/C25H34F2N4O4S/c1-16-11-22(29-36(33,34)30(2)3)23(31(16)25-13-24(32)21(27)14-28-25)15-35-20-9-7-17(8-10-20)18-5-4-6-19(26)12-18/h4-6,12-14,16-17,20,22-23,29H,7-11,15H2,1-3H3,(H,28,32)/t16-,17?,20?,22+,23+/m1/s1. The Bertz CT molecular complexity index is 1210. The van der Waals surface area contributed by atoms with E-state index in [4.69, 9.17) is 4.74 Å². The summed E-state index contributed by atoms with van der Waals surface area (Å²) in [6.07, 6.45) is 4.88. The Morgan fingerprint density at radius 3 is 2.53 bits per heavy atom. The van der Waals surface area contributed by atoms with Crippen LogP contribution in [0.15, 0.2) is 41.3 Å². The van der Waals surface area contributed by atoms with Gasteiger partial charge >= 0.3 is 0 Å². The Morgan fingerprint density at radius 2 is 1.89 bits per heavy atom. The van der Waals surface area contributed by atoms with E-state index in [1.807, 2.05) is 17.9 Å². The van der Waals surface area contributed by atoms with Crippen molar-refractivity contribution in [3.05, 3.63) is 63.9 Å². The molecule has 0 radical (unpaired) electrons. The Labute approximate surface area is 210 Å². The van der Waals surface area contributed by atoms with Crippen LogP contribution in [0.2, 0.25) is 0 Å². The predicted molar refractivity (Wildman–Crippen MR) is 134 cm³/mol. The third-order valence-electron chi connectivity index (χ3n) is 7.30. The molecule has 2 heterocycles. The van der Waals surface area contributed by atoms with Gasteiger partial charge in [0.05, 0.1) is 18.8 Å². The lowest BCUT2D eigenvalue weighted by Gasteiger charge is -2.35. The van der Waals surface area contributed by atoms with E-state index in [1.54, 1.807) is 12.1 Å². The van der Waals surface area contributed by atoms with E-state index in [0.29, 0.717) is 12.2 Å². The SMILES string of the molecule is C[C@@H]1C[C@H](NS(=O)(=O)N(C)C)[C@H](COC2CCC(c3cccc(F)c3)CC2)N1c1cc(=O)c(F)c[nH]1. The molecule has 11 heteroatoms. The first-order valence-corrected chi connectivity index (χ1v) is 13.7. The predicted octanol–water partition coefficient (Wildman–Crippen LogP) is 3.13. The minimum Gasteiger partial charge on any atom is -0.376 e. The summed E-state index contributed by atoms with van der Waals surface area (Å²) in [7, 11) is -0.791. The van der Waals surface area contributed by atoms with Gasteiger partial charge in [-0.3, -0.25) is 4.79 Å². The molecule has 1 aliphatic carbocycles. The fourth-order valence-corrected chi connectivity index (χ4v) is 6.19. The number of H-pyrrole nitrogens is 1. The van der Waals surface area contributed by atoms with Gasteiger partial charge in [-0.1, -0.05) is 12.1 Å². The van der Waals surface area contributed by atoms with Crippen molar-refractivity contribution in [1.29, 1.82) is 0 Å². The molecule has 0 spiro atoms. The Kier molecular flexibility index (Phi) is 8.13. The fraction of sp³-hybridized carbons (Fsp3) is 0.560. The smallest absolute Gasteiger partial charge is 0.279 e. The summed E-state index contributed by atoms with van der Waals surface area (Å²) >= 11 is 0. The van der Waals surface area contributed by atoms with Crippen molar-refractivity contribution in [3.63, 3.8) is 0 Å². The normalized spacial score (nSPS) is 27.1. The van der Waals surface area contributed by atoms with Gasteiger partial charge in [-0.05, 0) is 62.6 Å². The molecular weight excluding hydrogens is 490 g/mol. The summed E-state index contributed by atoms with van der Waals surface area (Å²) in [5.41, 5.74) is 0.270. The maximum absolute atomic E-state index is 13.6. The highest BCUT2D eigenvalue weighted by Crippen LogP contribution is 2.35. The highest BCUT2D eigenvalue weighted by molar-refractivity contribution is 7.87. The van der Waals surface area contributed by atoms with Crippen molar-refractivity contribution in [3.8, 4) is 0 Å². The van der Waals surface area contributed by atoms with Crippen LogP contribution in [-0.2, 0) is 14.9 Å². The number of aromatic amines is 1. The summed E-state index contributed by atoms with van der Waals surface area (Å²) in [4.78, 5) is 16.7. The highest BCUT2D eigenvalue weighted by Gasteiger charge is 2.42. The molecule has 1 saturated heterocycles. The van der Waals surface area contributed by atoms with Crippen LogP contribution in [0.4, 0.5) is 14.6 Å². The zero-order chi connectivity index (χ0) is 26.0. The Balaban J connectivity index is 1.47. The maximum atomic E-state index is 13.6. The van der Waals surface area contributed by atoms with Gasteiger partial charge in [-0.2, -0.15) is 17.4 Å². The lowest BCUT2D eigenvalue weighted by molar-refractivity contribution is 0.0154. The molecule has 0 bridgehead atoms. The second-order valence-corrected chi connectivity index (χ2v) is 11.9. The molecule has 36 heavy (non-hydrogen) atoms. The topological polar surface area (TPSA) is 94.7 Å². The molecule has 3 atom stereocenters. The van der Waals surface area contributed by atoms with Gasteiger partial charge in [0.15, 0.2) is 5.82 Å². The number of hydrogen-bond acceptors (Lipinski definition) is 5. The van der Waals surface area contributed by atoms with E-state index in [9.17, 15) is 22.0 Å². The highest BCUT2D eigenvalue weighted by atomic mass is 32.2. The molecular formula is C25H34F2N4O4S. The second kappa shape index (κ2) is 11.0. The van der Waals surface area contributed by atoms with E-state index in [0.717, 1.165) is 41.7 Å². The number of halogens is 2. The van der Waals surface area contributed by atoms with Crippen LogP contribution in [0.3, 0.4) is 0 Å². The van der Waals surface area contributed by atoms with Crippen LogP contribution in [0, 0.1) is 11.6 Å². The number of benzene rings is 1. The summed E-state index contributed by atoms with van der Waals surface area (Å²) in [6.45, 7) is 2.17.